The topological polar surface area (TPSA) is 108 Å². The Labute approximate surface area is 186 Å². The van der Waals surface area contributed by atoms with E-state index in [-0.39, 0.29) is 17.6 Å². The van der Waals surface area contributed by atoms with E-state index in [1.807, 2.05) is 49.4 Å². The van der Waals surface area contributed by atoms with Crippen molar-refractivity contribution in [1.82, 2.24) is 0 Å². The quantitative estimate of drug-likeness (QED) is 0.616. The Morgan fingerprint density at radius 2 is 1.78 bits per heavy atom. The summed E-state index contributed by atoms with van der Waals surface area (Å²) >= 11 is 0. The third-order valence-corrected chi connectivity index (χ3v) is 6.99. The molecule has 7 nitrogen and oxygen atoms in total. The minimum atomic E-state index is -3.81. The Morgan fingerprint density at radius 1 is 1.00 bits per heavy atom. The first-order chi connectivity index (χ1) is 15.3. The lowest BCUT2D eigenvalue weighted by Gasteiger charge is -2.17. The maximum atomic E-state index is 13.2. The van der Waals surface area contributed by atoms with Crippen LogP contribution in [0, 0.1) is 6.92 Å². The lowest BCUT2D eigenvalue weighted by molar-refractivity contribution is -0.118. The summed E-state index contributed by atoms with van der Waals surface area (Å²) in [5.74, 6) is 1.27. The molecule has 5 rings (SSSR count). The molecule has 1 aliphatic heterocycles. The van der Waals surface area contributed by atoms with E-state index < -0.39 is 15.4 Å². The van der Waals surface area contributed by atoms with Crippen LogP contribution in [0.25, 0.3) is 11.1 Å². The maximum absolute atomic E-state index is 13.2. The van der Waals surface area contributed by atoms with Crippen LogP contribution in [-0.2, 0) is 20.2 Å². The Kier molecular flexibility index (Phi) is 4.72. The van der Waals surface area contributed by atoms with Crippen molar-refractivity contribution < 1.29 is 22.7 Å². The number of carbonyl (C=O) groups excluding carboxylic acids is 1. The summed E-state index contributed by atoms with van der Waals surface area (Å²) < 4.78 is 34.3. The maximum Gasteiger partial charge on any atom is 0.238 e. The summed E-state index contributed by atoms with van der Waals surface area (Å²) in [5.41, 5.74) is 3.45. The molecule has 1 heterocycles. The van der Waals surface area contributed by atoms with Crippen LogP contribution in [-0.4, -0.2) is 21.1 Å². The first-order valence-electron chi connectivity index (χ1n) is 10.2. The molecule has 8 heteroatoms. The van der Waals surface area contributed by atoms with Crippen molar-refractivity contribution in [3.8, 4) is 22.6 Å². The van der Waals surface area contributed by atoms with E-state index in [1.165, 1.54) is 12.1 Å². The molecule has 1 fully saturated rings. The molecule has 32 heavy (non-hydrogen) atoms. The number of carbonyl (C=O) groups is 1. The number of aryl methyl sites for hydroxylation is 1. The van der Waals surface area contributed by atoms with E-state index >= 15 is 0 Å². The number of nitrogens with one attached hydrogen (secondary N) is 1. The summed E-state index contributed by atoms with van der Waals surface area (Å²) in [4.78, 5) is 13.3. The molecule has 0 radical (unpaired) electrons. The molecule has 3 aromatic rings. The number of nitrogens with two attached hydrogens (primary N) is 1. The minimum Gasteiger partial charge on any atom is -0.454 e. The third-order valence-electron chi connectivity index (χ3n) is 6.08. The average molecular weight is 451 g/mol. The predicted molar refractivity (Wildman–Crippen MR) is 120 cm³/mol. The SMILES string of the molecule is Cc1ccc(NC(=O)C2(c3ccc4c(c3)OCO4)CC2)cc1-c1cccc(S(N)(=O)=O)c1. The number of sulfonamides is 1. The van der Waals surface area contributed by atoms with Gasteiger partial charge in [-0.15, -0.1) is 0 Å². The van der Waals surface area contributed by atoms with Crippen LogP contribution in [0.15, 0.2) is 65.6 Å². The van der Waals surface area contributed by atoms with Crippen LogP contribution >= 0.6 is 0 Å². The van der Waals surface area contributed by atoms with Gasteiger partial charge in [-0.2, -0.15) is 0 Å². The van der Waals surface area contributed by atoms with Gasteiger partial charge in [0.25, 0.3) is 0 Å². The highest BCUT2D eigenvalue weighted by atomic mass is 32.2. The molecule has 0 saturated heterocycles. The molecule has 164 valence electrons. The van der Waals surface area contributed by atoms with Crippen LogP contribution in [0.4, 0.5) is 5.69 Å². The lowest BCUT2D eigenvalue weighted by Crippen LogP contribution is -2.27. The number of hydrogen-bond acceptors (Lipinski definition) is 5. The van der Waals surface area contributed by atoms with Gasteiger partial charge < -0.3 is 14.8 Å². The average Bonchev–Trinajstić information content (AvgIpc) is 3.45. The van der Waals surface area contributed by atoms with E-state index in [0.29, 0.717) is 22.7 Å². The molecular weight excluding hydrogens is 428 g/mol. The Morgan fingerprint density at radius 3 is 2.53 bits per heavy atom. The monoisotopic (exact) mass is 450 g/mol. The van der Waals surface area contributed by atoms with Gasteiger partial charge in [0.05, 0.1) is 10.3 Å². The van der Waals surface area contributed by atoms with Crippen molar-refractivity contribution in [3.63, 3.8) is 0 Å². The summed E-state index contributed by atoms with van der Waals surface area (Å²) in [6.45, 7) is 2.12. The highest BCUT2D eigenvalue weighted by Crippen LogP contribution is 2.51. The van der Waals surface area contributed by atoms with Gasteiger partial charge in [0.1, 0.15) is 0 Å². The van der Waals surface area contributed by atoms with E-state index in [9.17, 15) is 13.2 Å². The Balaban J connectivity index is 1.43. The number of fused-ring (bicyclic) bond motifs is 1. The molecule has 0 bridgehead atoms. The van der Waals surface area contributed by atoms with Gasteiger partial charge >= 0.3 is 0 Å². The van der Waals surface area contributed by atoms with Crippen molar-refractivity contribution in [2.45, 2.75) is 30.1 Å². The Hall–Kier alpha value is -3.36. The molecular formula is C24H22N2O5S. The molecule has 0 spiro atoms. The fourth-order valence-corrected chi connectivity index (χ4v) is 4.63. The summed E-state index contributed by atoms with van der Waals surface area (Å²) in [7, 11) is -3.81. The molecule has 3 aromatic carbocycles. The largest absolute Gasteiger partial charge is 0.454 e. The number of ether oxygens (including phenoxy) is 2. The number of anilines is 1. The van der Waals surface area contributed by atoms with Gasteiger partial charge in [0, 0.05) is 5.69 Å². The van der Waals surface area contributed by atoms with Gasteiger partial charge in [-0.05, 0) is 78.4 Å². The lowest BCUT2D eigenvalue weighted by atomic mass is 9.94. The van der Waals surface area contributed by atoms with Crippen molar-refractivity contribution >= 4 is 21.6 Å². The normalized spacial score (nSPS) is 15.9. The van der Waals surface area contributed by atoms with E-state index in [0.717, 1.165) is 29.5 Å². The van der Waals surface area contributed by atoms with Crippen LogP contribution in [0.3, 0.4) is 0 Å². The van der Waals surface area contributed by atoms with Crippen molar-refractivity contribution in [2.24, 2.45) is 5.14 Å². The van der Waals surface area contributed by atoms with Crippen molar-refractivity contribution in [1.29, 1.82) is 0 Å². The summed E-state index contributed by atoms with van der Waals surface area (Å²) in [5, 5.41) is 8.32. The number of primary sulfonamides is 1. The zero-order valence-corrected chi connectivity index (χ0v) is 18.2. The Bertz CT molecular complexity index is 1350. The molecule has 0 atom stereocenters. The predicted octanol–water partition coefficient (Wildman–Crippen LogP) is 3.71. The smallest absolute Gasteiger partial charge is 0.238 e. The molecule has 3 N–H and O–H groups in total. The third kappa shape index (κ3) is 3.61. The summed E-state index contributed by atoms with van der Waals surface area (Å²) in [6.07, 6.45) is 1.52. The summed E-state index contributed by atoms with van der Waals surface area (Å²) in [6, 6.07) is 17.7. The van der Waals surface area contributed by atoms with Crippen molar-refractivity contribution in [3.05, 3.63) is 71.8 Å². The second-order valence-corrected chi connectivity index (χ2v) is 9.77. The molecule has 0 unspecified atom stereocenters. The van der Waals surface area contributed by atoms with E-state index in [1.54, 1.807) is 6.07 Å². The van der Waals surface area contributed by atoms with Crippen LogP contribution in [0.2, 0.25) is 0 Å². The second-order valence-electron chi connectivity index (χ2n) is 8.21. The number of benzene rings is 3. The molecule has 1 aliphatic carbocycles. The van der Waals surface area contributed by atoms with E-state index in [4.69, 9.17) is 14.6 Å². The number of hydrogen-bond donors (Lipinski definition) is 2. The molecule has 1 amide bonds. The first kappa shape index (κ1) is 20.5. The van der Waals surface area contributed by atoms with Gasteiger partial charge in [-0.3, -0.25) is 4.79 Å². The standard InChI is InChI=1S/C24H22N2O5S/c1-15-5-7-18(13-20(15)16-3-2-4-19(11-16)32(25,28)29)26-23(27)24(9-10-24)17-6-8-21-22(12-17)31-14-30-21/h2-8,11-13H,9-10,14H2,1H3,(H,26,27)(H2,25,28,29). The van der Waals surface area contributed by atoms with Crippen LogP contribution in [0.5, 0.6) is 11.5 Å². The minimum absolute atomic E-state index is 0.0450. The highest BCUT2D eigenvalue weighted by molar-refractivity contribution is 7.89. The second kappa shape index (κ2) is 7.36. The van der Waals surface area contributed by atoms with Gasteiger partial charge in [-0.1, -0.05) is 24.3 Å². The van der Waals surface area contributed by atoms with Crippen LogP contribution in [0.1, 0.15) is 24.0 Å². The van der Waals surface area contributed by atoms with Gasteiger partial charge in [0.15, 0.2) is 11.5 Å². The van der Waals surface area contributed by atoms with Crippen LogP contribution < -0.4 is 19.9 Å². The highest BCUT2D eigenvalue weighted by Gasteiger charge is 2.51. The number of rotatable bonds is 5. The first-order valence-corrected chi connectivity index (χ1v) is 11.8. The van der Waals surface area contributed by atoms with Crippen molar-refractivity contribution in [2.75, 3.05) is 12.1 Å². The molecule has 0 aromatic heterocycles. The van der Waals surface area contributed by atoms with Gasteiger partial charge in [-0.25, -0.2) is 13.6 Å². The molecule has 1 saturated carbocycles. The fraction of sp³-hybridized carbons (Fsp3) is 0.208. The molecule has 2 aliphatic rings. The van der Waals surface area contributed by atoms with Gasteiger partial charge in [0.2, 0.25) is 22.7 Å². The fourth-order valence-electron chi connectivity index (χ4n) is 4.07. The zero-order valence-electron chi connectivity index (χ0n) is 17.4. The zero-order chi connectivity index (χ0) is 22.5. The van der Waals surface area contributed by atoms with E-state index in [2.05, 4.69) is 5.32 Å². The number of amides is 1.